The lowest BCUT2D eigenvalue weighted by atomic mass is 10.3. The summed E-state index contributed by atoms with van der Waals surface area (Å²) in [5.41, 5.74) is 2.32. The molecule has 0 N–H and O–H groups in total. The fourth-order valence-corrected chi connectivity index (χ4v) is 1.42. The molecule has 0 fully saturated rings. The van der Waals surface area contributed by atoms with Gasteiger partial charge in [0.15, 0.2) is 0 Å². The van der Waals surface area contributed by atoms with Crippen molar-refractivity contribution in [3.8, 4) is 0 Å². The van der Waals surface area contributed by atoms with Crippen LogP contribution in [0.1, 0.15) is 6.92 Å². The second-order valence-electron chi connectivity index (χ2n) is 3.30. The van der Waals surface area contributed by atoms with E-state index >= 15 is 0 Å². The van der Waals surface area contributed by atoms with Crippen molar-refractivity contribution in [1.29, 1.82) is 0 Å². The van der Waals surface area contributed by atoms with Crippen LogP contribution in [0.3, 0.4) is 0 Å². The fraction of sp³-hybridized carbons (Fsp3) is 0.182. The number of methoxy groups -OCH3 is 1. The third-order valence-corrected chi connectivity index (χ3v) is 2.21. The molecule has 1 aromatic heterocycles. The van der Waals surface area contributed by atoms with Crippen LogP contribution in [0.25, 0.3) is 16.7 Å². The van der Waals surface area contributed by atoms with Crippen molar-refractivity contribution in [1.82, 2.24) is 15.0 Å². The van der Waals surface area contributed by atoms with Gasteiger partial charge in [0.25, 0.3) is 0 Å². The Morgan fingerprint density at radius 2 is 2.19 bits per heavy atom. The Balaban J connectivity index is 2.48. The smallest absolute Gasteiger partial charge is 0.332 e. The zero-order chi connectivity index (χ0) is 11.5. The molecule has 0 aliphatic heterocycles. The number of carbonyl (C=O) groups is 1. The quantitative estimate of drug-likeness (QED) is 0.564. The maximum atomic E-state index is 11.1. The average Bonchev–Trinajstić information content (AvgIpc) is 2.72. The zero-order valence-electron chi connectivity index (χ0n) is 9.04. The molecule has 1 heterocycles. The van der Waals surface area contributed by atoms with Gasteiger partial charge in [-0.05, 0) is 19.1 Å². The molecule has 16 heavy (non-hydrogen) atoms. The molecule has 0 radical (unpaired) electrons. The molecule has 5 nitrogen and oxygen atoms in total. The lowest BCUT2D eigenvalue weighted by Crippen LogP contribution is -2.01. The highest BCUT2D eigenvalue weighted by molar-refractivity contribution is 5.89. The Labute approximate surface area is 92.3 Å². The summed E-state index contributed by atoms with van der Waals surface area (Å²) in [6, 6.07) is 7.54. The normalized spacial score (nSPS) is 11.8. The number of allylic oxidation sites excluding steroid dienone is 1. The van der Waals surface area contributed by atoms with Gasteiger partial charge in [0, 0.05) is 11.8 Å². The Bertz CT molecular complexity index is 557. The molecule has 0 aliphatic rings. The number of fused-ring (bicyclic) bond motifs is 1. The molecule has 0 bridgehead atoms. The van der Waals surface area contributed by atoms with E-state index in [0.717, 1.165) is 11.0 Å². The third kappa shape index (κ3) is 1.79. The summed E-state index contributed by atoms with van der Waals surface area (Å²) in [7, 11) is 1.34. The minimum Gasteiger partial charge on any atom is -0.466 e. The van der Waals surface area contributed by atoms with E-state index in [1.807, 2.05) is 24.3 Å². The van der Waals surface area contributed by atoms with Crippen molar-refractivity contribution < 1.29 is 9.53 Å². The van der Waals surface area contributed by atoms with Gasteiger partial charge in [0.1, 0.15) is 5.52 Å². The monoisotopic (exact) mass is 217 g/mol. The van der Waals surface area contributed by atoms with Crippen molar-refractivity contribution in [2.45, 2.75) is 6.92 Å². The highest BCUT2D eigenvalue weighted by Crippen LogP contribution is 2.14. The summed E-state index contributed by atoms with van der Waals surface area (Å²) in [6.45, 7) is 1.78. The number of hydrogen-bond acceptors (Lipinski definition) is 4. The first-order valence-corrected chi connectivity index (χ1v) is 4.79. The van der Waals surface area contributed by atoms with Gasteiger partial charge in [0.2, 0.25) is 0 Å². The van der Waals surface area contributed by atoms with E-state index in [2.05, 4.69) is 15.0 Å². The van der Waals surface area contributed by atoms with Crippen LogP contribution in [0, 0.1) is 0 Å². The molecule has 0 spiro atoms. The van der Waals surface area contributed by atoms with Gasteiger partial charge in [-0.25, -0.2) is 9.48 Å². The number of esters is 1. The zero-order valence-corrected chi connectivity index (χ0v) is 9.04. The van der Waals surface area contributed by atoms with Gasteiger partial charge < -0.3 is 4.74 Å². The second-order valence-corrected chi connectivity index (χ2v) is 3.30. The molecule has 2 aromatic rings. The number of ether oxygens (including phenoxy) is 1. The maximum Gasteiger partial charge on any atom is 0.332 e. The second kappa shape index (κ2) is 4.14. The van der Waals surface area contributed by atoms with Crippen LogP contribution in [-0.4, -0.2) is 28.1 Å². The highest BCUT2D eigenvalue weighted by atomic mass is 16.5. The van der Waals surface area contributed by atoms with Gasteiger partial charge in [-0.2, -0.15) is 0 Å². The van der Waals surface area contributed by atoms with E-state index in [0.29, 0.717) is 5.70 Å². The van der Waals surface area contributed by atoms with E-state index in [-0.39, 0.29) is 0 Å². The minimum absolute atomic E-state index is 0.405. The van der Waals surface area contributed by atoms with E-state index in [9.17, 15) is 4.79 Å². The standard InChI is InChI=1S/C11H11N3O2/c1-8(7-11(15)16-2)14-10-6-4-3-5-9(10)12-13-14/h3-7H,1-2H3/b8-7+. The van der Waals surface area contributed by atoms with Gasteiger partial charge >= 0.3 is 5.97 Å². The Kier molecular flexibility index (Phi) is 2.68. The number of aromatic nitrogens is 3. The molecule has 0 amide bonds. The van der Waals surface area contributed by atoms with Gasteiger partial charge in [-0.15, -0.1) is 5.10 Å². The van der Waals surface area contributed by atoms with Crippen LogP contribution in [0.2, 0.25) is 0 Å². The van der Waals surface area contributed by atoms with Crippen molar-refractivity contribution in [3.63, 3.8) is 0 Å². The minimum atomic E-state index is -0.405. The number of nitrogens with zero attached hydrogens (tertiary/aromatic N) is 3. The van der Waals surface area contributed by atoms with E-state index in [4.69, 9.17) is 0 Å². The Hall–Kier alpha value is -2.17. The van der Waals surface area contributed by atoms with Gasteiger partial charge in [-0.3, -0.25) is 0 Å². The van der Waals surface area contributed by atoms with Gasteiger partial charge in [0.05, 0.1) is 12.6 Å². The van der Waals surface area contributed by atoms with Crippen molar-refractivity contribution in [3.05, 3.63) is 30.3 Å². The van der Waals surface area contributed by atoms with Crippen LogP contribution in [0.5, 0.6) is 0 Å². The molecule has 2 rings (SSSR count). The molecule has 1 aromatic carbocycles. The fourth-order valence-electron chi connectivity index (χ4n) is 1.42. The van der Waals surface area contributed by atoms with E-state index in [1.165, 1.54) is 13.2 Å². The lowest BCUT2D eigenvalue weighted by molar-refractivity contribution is -0.134. The number of benzene rings is 1. The van der Waals surface area contributed by atoms with E-state index in [1.54, 1.807) is 11.6 Å². The molecule has 0 atom stereocenters. The lowest BCUT2D eigenvalue weighted by Gasteiger charge is -2.00. The topological polar surface area (TPSA) is 57.0 Å². The molecule has 0 unspecified atom stereocenters. The summed E-state index contributed by atoms with van der Waals surface area (Å²) in [5.74, 6) is -0.405. The number of rotatable bonds is 2. The SMILES string of the molecule is COC(=O)/C=C(\C)n1nnc2ccccc21. The summed E-state index contributed by atoms with van der Waals surface area (Å²) in [4.78, 5) is 11.1. The molecule has 0 saturated heterocycles. The van der Waals surface area contributed by atoms with Crippen LogP contribution in [0.4, 0.5) is 0 Å². The number of hydrogen-bond donors (Lipinski definition) is 0. The first-order chi connectivity index (χ1) is 7.72. The largest absolute Gasteiger partial charge is 0.466 e. The highest BCUT2D eigenvalue weighted by Gasteiger charge is 2.06. The summed E-state index contributed by atoms with van der Waals surface area (Å²) in [6.07, 6.45) is 1.38. The number of carbonyl (C=O) groups excluding carboxylic acids is 1. The van der Waals surface area contributed by atoms with Crippen LogP contribution in [0.15, 0.2) is 30.3 Å². The average molecular weight is 217 g/mol. The summed E-state index contributed by atoms with van der Waals surface area (Å²) in [5, 5.41) is 7.97. The Morgan fingerprint density at radius 1 is 1.44 bits per heavy atom. The third-order valence-electron chi connectivity index (χ3n) is 2.21. The summed E-state index contributed by atoms with van der Waals surface area (Å²) < 4.78 is 6.16. The maximum absolute atomic E-state index is 11.1. The predicted octanol–water partition coefficient (Wildman–Crippen LogP) is 1.47. The van der Waals surface area contributed by atoms with Crippen LogP contribution in [-0.2, 0) is 9.53 Å². The van der Waals surface area contributed by atoms with Crippen molar-refractivity contribution in [2.24, 2.45) is 0 Å². The van der Waals surface area contributed by atoms with Crippen LogP contribution >= 0.6 is 0 Å². The van der Waals surface area contributed by atoms with Gasteiger partial charge in [-0.1, -0.05) is 17.3 Å². The van der Waals surface area contributed by atoms with Crippen molar-refractivity contribution >= 4 is 22.7 Å². The molecule has 0 aliphatic carbocycles. The summed E-state index contributed by atoms with van der Waals surface area (Å²) >= 11 is 0. The number of para-hydroxylation sites is 1. The molecule has 82 valence electrons. The first kappa shape index (κ1) is 10.4. The van der Waals surface area contributed by atoms with E-state index < -0.39 is 5.97 Å². The predicted molar refractivity (Wildman–Crippen MR) is 59.5 cm³/mol. The molecular weight excluding hydrogens is 206 g/mol. The van der Waals surface area contributed by atoms with Crippen LogP contribution < -0.4 is 0 Å². The molecular formula is C11H11N3O2. The van der Waals surface area contributed by atoms with Crippen molar-refractivity contribution in [2.75, 3.05) is 7.11 Å². The first-order valence-electron chi connectivity index (χ1n) is 4.79. The molecule has 0 saturated carbocycles. The Morgan fingerprint density at radius 3 is 2.94 bits per heavy atom. The molecule has 5 heteroatoms.